The van der Waals surface area contributed by atoms with E-state index in [2.05, 4.69) is 5.32 Å². The van der Waals surface area contributed by atoms with Crippen molar-refractivity contribution >= 4 is 40.2 Å². The number of anilines is 1. The topological polar surface area (TPSA) is 75.6 Å². The Labute approximate surface area is 119 Å². The third kappa shape index (κ3) is 5.01. The summed E-state index contributed by atoms with van der Waals surface area (Å²) >= 11 is 2.01. The minimum atomic E-state index is -1.01. The Balaban J connectivity index is 2.66. The van der Waals surface area contributed by atoms with Gasteiger partial charge >= 0.3 is 5.97 Å². The molecule has 0 aromatic heterocycles. The summed E-state index contributed by atoms with van der Waals surface area (Å²) in [5, 5.41) is 11.6. The molecule has 1 rings (SSSR count). The summed E-state index contributed by atoms with van der Waals surface area (Å²) < 4.78 is 5.62. The van der Waals surface area contributed by atoms with E-state index in [1.165, 1.54) is 6.07 Å². The van der Waals surface area contributed by atoms with Crippen molar-refractivity contribution < 1.29 is 19.4 Å². The molecule has 18 heavy (non-hydrogen) atoms. The molecule has 0 aliphatic heterocycles. The van der Waals surface area contributed by atoms with E-state index in [-0.39, 0.29) is 11.5 Å². The molecule has 0 aliphatic rings. The van der Waals surface area contributed by atoms with Gasteiger partial charge in [0.05, 0.1) is 5.56 Å². The molecule has 0 aliphatic carbocycles. The first-order chi connectivity index (χ1) is 8.52. The number of carboxylic acids is 1. The molecule has 2 N–H and O–H groups in total. The third-order valence-corrected chi connectivity index (χ3v) is 2.80. The van der Waals surface area contributed by atoms with Crippen LogP contribution >= 0.6 is 22.6 Å². The lowest BCUT2D eigenvalue weighted by atomic mass is 10.2. The first kappa shape index (κ1) is 14.9. The van der Waals surface area contributed by atoms with E-state index in [1.54, 1.807) is 19.2 Å². The van der Waals surface area contributed by atoms with Crippen molar-refractivity contribution in [1.29, 1.82) is 0 Å². The standard InChI is InChI=1S/C12H14INO4/c1-18-4-2-3-11(15)14-10-6-8(12(16)17)5-9(13)7-10/h5-7H,2-4H2,1H3,(H,14,15)(H,16,17). The molecule has 0 spiro atoms. The molecule has 0 fully saturated rings. The van der Waals surface area contributed by atoms with Gasteiger partial charge in [-0.15, -0.1) is 0 Å². The van der Waals surface area contributed by atoms with Gasteiger partial charge in [-0.3, -0.25) is 4.79 Å². The highest BCUT2D eigenvalue weighted by atomic mass is 127. The maximum Gasteiger partial charge on any atom is 0.335 e. The Hall–Kier alpha value is -1.15. The molecule has 1 aromatic rings. The normalized spacial score (nSPS) is 10.1. The number of carbonyl (C=O) groups is 2. The minimum absolute atomic E-state index is 0.148. The Morgan fingerprint density at radius 2 is 2.11 bits per heavy atom. The highest BCUT2D eigenvalue weighted by molar-refractivity contribution is 14.1. The maximum absolute atomic E-state index is 11.6. The minimum Gasteiger partial charge on any atom is -0.478 e. The van der Waals surface area contributed by atoms with Gasteiger partial charge < -0.3 is 15.2 Å². The quantitative estimate of drug-likeness (QED) is 0.601. The van der Waals surface area contributed by atoms with Crippen LogP contribution in [0.5, 0.6) is 0 Å². The second kappa shape index (κ2) is 7.32. The number of hydrogen-bond donors (Lipinski definition) is 2. The number of carboxylic acid groups (broad SMARTS) is 1. The van der Waals surface area contributed by atoms with Gasteiger partial charge in [0, 0.05) is 29.4 Å². The molecule has 1 aromatic carbocycles. The number of amides is 1. The van der Waals surface area contributed by atoms with E-state index < -0.39 is 5.97 Å². The summed E-state index contributed by atoms with van der Waals surface area (Å²) in [5.41, 5.74) is 0.663. The fourth-order valence-corrected chi connectivity index (χ4v) is 2.06. The molecule has 0 radical (unpaired) electrons. The van der Waals surface area contributed by atoms with E-state index in [0.717, 1.165) is 3.57 Å². The van der Waals surface area contributed by atoms with Crippen LogP contribution in [0.15, 0.2) is 18.2 Å². The van der Waals surface area contributed by atoms with Crippen molar-refractivity contribution in [1.82, 2.24) is 0 Å². The molecule has 0 bridgehead atoms. The van der Waals surface area contributed by atoms with Crippen LogP contribution in [0, 0.1) is 3.57 Å². The van der Waals surface area contributed by atoms with Crippen molar-refractivity contribution in [2.45, 2.75) is 12.8 Å². The fourth-order valence-electron chi connectivity index (χ4n) is 1.39. The van der Waals surface area contributed by atoms with Crippen LogP contribution in [0.2, 0.25) is 0 Å². The zero-order valence-electron chi connectivity index (χ0n) is 9.90. The van der Waals surface area contributed by atoms with Crippen molar-refractivity contribution in [3.05, 3.63) is 27.3 Å². The molecule has 0 saturated heterocycles. The Morgan fingerprint density at radius 3 is 2.72 bits per heavy atom. The summed E-state index contributed by atoms with van der Waals surface area (Å²) in [7, 11) is 1.58. The predicted molar refractivity (Wildman–Crippen MR) is 75.9 cm³/mol. The van der Waals surface area contributed by atoms with Crippen molar-refractivity contribution in [3.8, 4) is 0 Å². The van der Waals surface area contributed by atoms with Crippen molar-refractivity contribution in [2.75, 3.05) is 19.0 Å². The first-order valence-electron chi connectivity index (χ1n) is 5.35. The van der Waals surface area contributed by atoms with E-state index >= 15 is 0 Å². The second-order valence-electron chi connectivity index (χ2n) is 3.68. The number of benzene rings is 1. The number of hydrogen-bond acceptors (Lipinski definition) is 3. The van der Waals surface area contributed by atoms with E-state index in [4.69, 9.17) is 9.84 Å². The lowest BCUT2D eigenvalue weighted by Crippen LogP contribution is -2.12. The van der Waals surface area contributed by atoms with Gasteiger partial charge in [-0.1, -0.05) is 0 Å². The Kier molecular flexibility index (Phi) is 6.06. The molecule has 98 valence electrons. The van der Waals surface area contributed by atoms with Gasteiger partial charge in [0.1, 0.15) is 0 Å². The highest BCUT2D eigenvalue weighted by Crippen LogP contribution is 2.17. The fraction of sp³-hybridized carbons (Fsp3) is 0.333. The van der Waals surface area contributed by atoms with Crippen LogP contribution in [0.1, 0.15) is 23.2 Å². The van der Waals surface area contributed by atoms with Gasteiger partial charge in [0.25, 0.3) is 0 Å². The van der Waals surface area contributed by atoms with Gasteiger partial charge in [-0.05, 0) is 47.2 Å². The number of ether oxygens (including phenoxy) is 1. The molecule has 0 unspecified atom stereocenters. The van der Waals surface area contributed by atoms with Crippen LogP contribution in [0.3, 0.4) is 0 Å². The van der Waals surface area contributed by atoms with E-state index in [1.807, 2.05) is 22.6 Å². The van der Waals surface area contributed by atoms with E-state index in [0.29, 0.717) is 25.1 Å². The molecule has 1 amide bonds. The SMILES string of the molecule is COCCCC(=O)Nc1cc(I)cc(C(=O)O)c1. The summed E-state index contributed by atoms with van der Waals surface area (Å²) in [6.45, 7) is 0.528. The molecule has 0 heterocycles. The largest absolute Gasteiger partial charge is 0.478 e. The number of carbonyl (C=O) groups excluding carboxylic acids is 1. The molecular formula is C12H14INO4. The van der Waals surface area contributed by atoms with Crippen LogP contribution in [0.25, 0.3) is 0 Å². The van der Waals surface area contributed by atoms with Gasteiger partial charge in [0.2, 0.25) is 5.91 Å². The summed E-state index contributed by atoms with van der Waals surface area (Å²) in [6, 6.07) is 4.71. The van der Waals surface area contributed by atoms with Gasteiger partial charge in [-0.25, -0.2) is 4.79 Å². The Bertz CT molecular complexity index is 448. The number of nitrogens with one attached hydrogen (secondary N) is 1. The lowest BCUT2D eigenvalue weighted by Gasteiger charge is -2.07. The van der Waals surface area contributed by atoms with Crippen molar-refractivity contribution in [2.24, 2.45) is 0 Å². The molecule has 0 atom stereocenters. The summed E-state index contributed by atoms with van der Waals surface area (Å²) in [5.74, 6) is -1.16. The lowest BCUT2D eigenvalue weighted by molar-refractivity contribution is -0.116. The van der Waals surface area contributed by atoms with Crippen LogP contribution in [-0.4, -0.2) is 30.7 Å². The third-order valence-electron chi connectivity index (χ3n) is 2.18. The smallest absolute Gasteiger partial charge is 0.335 e. The summed E-state index contributed by atoms with van der Waals surface area (Å²) in [4.78, 5) is 22.4. The molecule has 0 saturated carbocycles. The highest BCUT2D eigenvalue weighted by Gasteiger charge is 2.08. The average molecular weight is 363 g/mol. The first-order valence-corrected chi connectivity index (χ1v) is 6.43. The number of aromatic carboxylic acids is 1. The van der Waals surface area contributed by atoms with Crippen LogP contribution in [0.4, 0.5) is 5.69 Å². The number of rotatable bonds is 6. The maximum atomic E-state index is 11.6. The zero-order valence-corrected chi connectivity index (χ0v) is 12.1. The molecule has 6 heteroatoms. The van der Waals surface area contributed by atoms with Gasteiger partial charge in [0.15, 0.2) is 0 Å². The molecular weight excluding hydrogens is 349 g/mol. The number of methoxy groups -OCH3 is 1. The van der Waals surface area contributed by atoms with Crippen LogP contribution in [-0.2, 0) is 9.53 Å². The second-order valence-corrected chi connectivity index (χ2v) is 4.92. The zero-order chi connectivity index (χ0) is 13.5. The van der Waals surface area contributed by atoms with Crippen molar-refractivity contribution in [3.63, 3.8) is 0 Å². The summed E-state index contributed by atoms with van der Waals surface area (Å²) in [6.07, 6.45) is 0.986. The molecule has 5 nitrogen and oxygen atoms in total. The predicted octanol–water partition coefficient (Wildman–Crippen LogP) is 2.35. The monoisotopic (exact) mass is 363 g/mol. The number of halogens is 1. The van der Waals surface area contributed by atoms with Gasteiger partial charge in [-0.2, -0.15) is 0 Å². The Morgan fingerprint density at radius 1 is 1.39 bits per heavy atom. The van der Waals surface area contributed by atoms with E-state index in [9.17, 15) is 9.59 Å². The average Bonchev–Trinajstić information content (AvgIpc) is 2.28. The van der Waals surface area contributed by atoms with Crippen LogP contribution < -0.4 is 5.32 Å².